The number of halogens is 1. The molecule has 0 saturated heterocycles. The molecular formula is C33H34FN3O4S. The smallest absolute Gasteiger partial charge is 0.265 e. The predicted molar refractivity (Wildman–Crippen MR) is 162 cm³/mol. The molecule has 1 N–H and O–H groups in total. The molecule has 7 nitrogen and oxygen atoms in total. The van der Waals surface area contributed by atoms with E-state index in [1.165, 1.54) is 15.3 Å². The molecule has 42 heavy (non-hydrogen) atoms. The van der Waals surface area contributed by atoms with Crippen molar-refractivity contribution in [2.24, 2.45) is 0 Å². The first-order valence-corrected chi connectivity index (χ1v) is 15.6. The summed E-state index contributed by atoms with van der Waals surface area (Å²) in [6.45, 7) is 2.40. The first kappa shape index (κ1) is 29.3. The molecule has 4 aromatic rings. The molecule has 218 valence electrons. The van der Waals surface area contributed by atoms with Crippen molar-refractivity contribution in [2.75, 3.05) is 17.4 Å². The third-order valence-electron chi connectivity index (χ3n) is 7.55. The van der Waals surface area contributed by atoms with Gasteiger partial charge in [-0.15, -0.1) is 0 Å². The van der Waals surface area contributed by atoms with Gasteiger partial charge < -0.3 is 10.2 Å². The van der Waals surface area contributed by atoms with Crippen LogP contribution in [0, 0.1) is 5.82 Å². The third-order valence-corrected chi connectivity index (χ3v) is 9.41. The minimum atomic E-state index is -3.76. The normalized spacial score (nSPS) is 14.1. The fourth-order valence-corrected chi connectivity index (χ4v) is 7.20. The number of sulfonamides is 1. The molecule has 4 aromatic carbocycles. The molecule has 0 aliphatic carbocycles. The number of hydrogen-bond donors (Lipinski definition) is 1. The first-order valence-electron chi connectivity index (χ1n) is 14.2. The molecular weight excluding hydrogens is 553 g/mol. The van der Waals surface area contributed by atoms with Crippen LogP contribution in [0.2, 0.25) is 0 Å². The zero-order chi connectivity index (χ0) is 29.7. The summed E-state index contributed by atoms with van der Waals surface area (Å²) in [5.74, 6) is -1.12. The second-order valence-electron chi connectivity index (χ2n) is 10.4. The Morgan fingerprint density at radius 2 is 1.64 bits per heavy atom. The zero-order valence-electron chi connectivity index (χ0n) is 23.5. The van der Waals surface area contributed by atoms with Crippen molar-refractivity contribution in [1.29, 1.82) is 0 Å². The third kappa shape index (κ3) is 6.01. The van der Waals surface area contributed by atoms with Gasteiger partial charge in [-0.2, -0.15) is 0 Å². The van der Waals surface area contributed by atoms with Gasteiger partial charge in [0.25, 0.3) is 10.0 Å². The molecule has 0 saturated carbocycles. The molecule has 0 bridgehead atoms. The molecule has 0 radical (unpaired) electrons. The van der Waals surface area contributed by atoms with Crippen LogP contribution >= 0.6 is 0 Å². The molecule has 9 heteroatoms. The molecule has 1 aliphatic heterocycles. The van der Waals surface area contributed by atoms with Crippen molar-refractivity contribution in [1.82, 2.24) is 10.2 Å². The molecule has 1 aliphatic rings. The largest absolute Gasteiger partial charge is 0.354 e. The van der Waals surface area contributed by atoms with Crippen molar-refractivity contribution < 1.29 is 22.4 Å². The molecule has 0 aromatic heterocycles. The summed E-state index contributed by atoms with van der Waals surface area (Å²) in [5.41, 5.74) is 1.77. The summed E-state index contributed by atoms with van der Waals surface area (Å²) in [7, 11) is -3.76. The van der Waals surface area contributed by atoms with Crippen LogP contribution in [0.15, 0.2) is 95.9 Å². The summed E-state index contributed by atoms with van der Waals surface area (Å²) in [4.78, 5) is 29.0. The van der Waals surface area contributed by atoms with Gasteiger partial charge in [0, 0.05) is 43.4 Å². The predicted octanol–water partition coefficient (Wildman–Crippen LogP) is 5.43. The Balaban J connectivity index is 1.39. The summed E-state index contributed by atoms with van der Waals surface area (Å²) in [6, 6.07) is 25.4. The Kier molecular flexibility index (Phi) is 8.87. The molecule has 2 amide bonds. The summed E-state index contributed by atoms with van der Waals surface area (Å²) < 4.78 is 42.9. The second-order valence-corrected chi connectivity index (χ2v) is 12.3. The van der Waals surface area contributed by atoms with Crippen LogP contribution in [-0.4, -0.2) is 44.3 Å². The average molecular weight is 588 g/mol. The maximum Gasteiger partial charge on any atom is 0.265 e. The first-order chi connectivity index (χ1) is 20.3. The van der Waals surface area contributed by atoms with Crippen LogP contribution in [0.25, 0.3) is 10.8 Å². The van der Waals surface area contributed by atoms with Crippen molar-refractivity contribution >= 4 is 38.3 Å². The van der Waals surface area contributed by atoms with Crippen molar-refractivity contribution in [2.45, 2.75) is 50.1 Å². The molecule has 1 heterocycles. The van der Waals surface area contributed by atoms with Crippen LogP contribution in [0.1, 0.15) is 37.3 Å². The van der Waals surface area contributed by atoms with Crippen molar-refractivity contribution in [3.63, 3.8) is 0 Å². The Morgan fingerprint density at radius 3 is 2.38 bits per heavy atom. The van der Waals surface area contributed by atoms with Gasteiger partial charge in [-0.1, -0.05) is 79.7 Å². The van der Waals surface area contributed by atoms with Gasteiger partial charge in [0.2, 0.25) is 11.8 Å². The van der Waals surface area contributed by atoms with Crippen LogP contribution in [0.5, 0.6) is 0 Å². The van der Waals surface area contributed by atoms with Gasteiger partial charge in [-0.25, -0.2) is 12.8 Å². The van der Waals surface area contributed by atoms with Crippen LogP contribution in [0.3, 0.4) is 0 Å². The number of carbonyl (C=O) groups excluding carboxylic acids is 2. The number of carbonyl (C=O) groups is 2. The number of rotatable bonds is 12. The highest BCUT2D eigenvalue weighted by molar-refractivity contribution is 7.93. The topological polar surface area (TPSA) is 86.8 Å². The highest BCUT2D eigenvalue weighted by atomic mass is 32.2. The van der Waals surface area contributed by atoms with Crippen molar-refractivity contribution in [3.05, 3.63) is 108 Å². The lowest BCUT2D eigenvalue weighted by atomic mass is 10.0. The number of hydrogen-bond acceptors (Lipinski definition) is 4. The van der Waals surface area contributed by atoms with Gasteiger partial charge >= 0.3 is 0 Å². The number of amides is 2. The van der Waals surface area contributed by atoms with E-state index in [4.69, 9.17) is 0 Å². The van der Waals surface area contributed by atoms with Crippen molar-refractivity contribution in [3.8, 4) is 0 Å². The molecule has 1 unspecified atom stereocenters. The molecule has 1 atom stereocenters. The highest BCUT2D eigenvalue weighted by Crippen LogP contribution is 2.42. The molecule has 0 fully saturated rings. The fourth-order valence-electron chi connectivity index (χ4n) is 5.45. The quantitative estimate of drug-likeness (QED) is 0.239. The van der Waals surface area contributed by atoms with Gasteiger partial charge in [0.1, 0.15) is 11.9 Å². The lowest BCUT2D eigenvalue weighted by Gasteiger charge is -2.32. The van der Waals surface area contributed by atoms with E-state index in [0.29, 0.717) is 23.2 Å². The summed E-state index contributed by atoms with van der Waals surface area (Å²) in [5, 5.41) is 4.43. The lowest BCUT2D eigenvalue weighted by molar-refractivity contribution is -0.141. The maximum atomic E-state index is 14.8. The Hall–Kier alpha value is -4.24. The molecule has 0 spiro atoms. The van der Waals surface area contributed by atoms with E-state index in [9.17, 15) is 22.4 Å². The standard InChI is InChI=1S/C33H34FN3O4S/c1-2-20-35-33(39)29(22-24-11-4-3-5-12-24)36(23-26-13-6-7-16-27(26)34)31(38)19-10-21-37-28-17-8-14-25-15-9-18-30(32(25)28)42(37,40)41/h3-9,11-18,29H,2,10,19-23H2,1H3,(H,35,39). The van der Waals surface area contributed by atoms with Crippen LogP contribution < -0.4 is 9.62 Å². The average Bonchev–Trinajstić information content (AvgIpc) is 3.22. The Bertz CT molecular complexity index is 1690. The maximum absolute atomic E-state index is 14.8. The second kappa shape index (κ2) is 12.7. The number of benzene rings is 4. The van der Waals surface area contributed by atoms with E-state index < -0.39 is 21.9 Å². The van der Waals surface area contributed by atoms with Gasteiger partial charge in [0.05, 0.1) is 10.6 Å². The van der Waals surface area contributed by atoms with Crippen LogP contribution in [0.4, 0.5) is 10.1 Å². The van der Waals surface area contributed by atoms with Crippen LogP contribution in [-0.2, 0) is 32.6 Å². The highest BCUT2D eigenvalue weighted by Gasteiger charge is 2.36. The SMILES string of the molecule is CCCNC(=O)C(Cc1ccccc1)N(Cc1ccccc1F)C(=O)CCCN1c2cccc3cccc(c23)S1(=O)=O. The molecule has 5 rings (SSSR count). The fraction of sp³-hybridized carbons (Fsp3) is 0.273. The van der Waals surface area contributed by atoms with E-state index in [0.717, 1.165) is 17.4 Å². The van der Waals surface area contributed by atoms with Gasteiger partial charge in [0.15, 0.2) is 0 Å². The minimum absolute atomic E-state index is 0.0147. The van der Waals surface area contributed by atoms with E-state index in [1.54, 1.807) is 36.4 Å². The van der Waals surface area contributed by atoms with E-state index in [2.05, 4.69) is 5.32 Å². The van der Waals surface area contributed by atoms with E-state index in [-0.39, 0.29) is 49.1 Å². The Labute approximate surface area is 246 Å². The monoisotopic (exact) mass is 587 g/mol. The van der Waals surface area contributed by atoms with E-state index in [1.807, 2.05) is 55.5 Å². The van der Waals surface area contributed by atoms with Gasteiger partial charge in [-0.05, 0) is 42.0 Å². The zero-order valence-corrected chi connectivity index (χ0v) is 24.3. The minimum Gasteiger partial charge on any atom is -0.354 e. The summed E-state index contributed by atoms with van der Waals surface area (Å²) in [6.07, 6.45) is 1.20. The summed E-state index contributed by atoms with van der Waals surface area (Å²) >= 11 is 0. The Morgan fingerprint density at radius 1 is 0.929 bits per heavy atom. The number of nitrogens with one attached hydrogen (secondary N) is 1. The van der Waals surface area contributed by atoms with E-state index >= 15 is 0 Å². The van der Waals surface area contributed by atoms with Gasteiger partial charge in [-0.3, -0.25) is 13.9 Å². The number of anilines is 1. The lowest BCUT2D eigenvalue weighted by Crippen LogP contribution is -2.50. The number of nitrogens with zero attached hydrogens (tertiary/aromatic N) is 2.